The molecule has 7 heteroatoms. The molecule has 1 heterocycles. The first kappa shape index (κ1) is 15.5. The normalized spacial score (nSPS) is 14.3. The van der Waals surface area contributed by atoms with Gasteiger partial charge in [-0.25, -0.2) is 0 Å². The summed E-state index contributed by atoms with van der Waals surface area (Å²) in [5, 5.41) is 11.1. The van der Waals surface area contributed by atoms with Crippen LogP contribution in [-0.2, 0) is 9.59 Å². The molecule has 2 rings (SSSR count). The van der Waals surface area contributed by atoms with Crippen LogP contribution in [0, 0.1) is 0 Å². The maximum atomic E-state index is 11.5. The fourth-order valence-corrected chi connectivity index (χ4v) is 2.63. The molecule has 1 aromatic rings. The molecule has 114 valence electrons. The Hall–Kier alpha value is -1.89. The lowest BCUT2D eigenvalue weighted by Gasteiger charge is -2.18. The number of carbonyl (C=O) groups excluding carboxylic acids is 1. The van der Waals surface area contributed by atoms with E-state index in [2.05, 4.69) is 5.32 Å². The molecular weight excluding hydrogens is 294 g/mol. The van der Waals surface area contributed by atoms with Crippen molar-refractivity contribution in [3.63, 3.8) is 0 Å². The fraction of sp³-hybridized carbons (Fsp3) is 0.429. The molecule has 0 saturated carbocycles. The van der Waals surface area contributed by atoms with Crippen molar-refractivity contribution in [2.75, 3.05) is 19.0 Å². The zero-order chi connectivity index (χ0) is 15.2. The Labute approximate surface area is 126 Å². The van der Waals surface area contributed by atoms with E-state index in [0.717, 1.165) is 16.4 Å². The number of thioether (sulfide) groups is 1. The van der Waals surface area contributed by atoms with E-state index in [1.54, 1.807) is 0 Å². The highest BCUT2D eigenvalue weighted by molar-refractivity contribution is 7.99. The summed E-state index contributed by atoms with van der Waals surface area (Å²) in [5.74, 6) is 0.712. The van der Waals surface area contributed by atoms with Gasteiger partial charge in [0.25, 0.3) is 0 Å². The van der Waals surface area contributed by atoms with Gasteiger partial charge in [0.1, 0.15) is 19.3 Å². The van der Waals surface area contributed by atoms with Gasteiger partial charge >= 0.3 is 5.97 Å². The third-order valence-corrected chi connectivity index (χ3v) is 3.85. The third-order valence-electron chi connectivity index (χ3n) is 2.86. The van der Waals surface area contributed by atoms with E-state index in [9.17, 15) is 9.59 Å². The number of hydrogen-bond donors (Lipinski definition) is 2. The number of carboxylic acid groups (broad SMARTS) is 1. The average Bonchev–Trinajstić information content (AvgIpc) is 2.47. The smallest absolute Gasteiger partial charge is 0.325 e. The molecule has 2 N–H and O–H groups in total. The van der Waals surface area contributed by atoms with E-state index in [-0.39, 0.29) is 12.3 Å². The van der Waals surface area contributed by atoms with Gasteiger partial charge in [-0.1, -0.05) is 0 Å². The third kappa shape index (κ3) is 4.56. The first-order chi connectivity index (χ1) is 10.1. The highest BCUT2D eigenvalue weighted by Gasteiger charge is 2.14. The lowest BCUT2D eigenvalue weighted by atomic mass is 10.3. The van der Waals surface area contributed by atoms with Crippen molar-refractivity contribution in [2.24, 2.45) is 0 Å². The Kier molecular flexibility index (Phi) is 5.32. The minimum Gasteiger partial charge on any atom is -0.486 e. The Morgan fingerprint density at radius 1 is 1.33 bits per heavy atom. The fourth-order valence-electron chi connectivity index (χ4n) is 1.75. The van der Waals surface area contributed by atoms with Crippen molar-refractivity contribution < 1.29 is 24.2 Å². The van der Waals surface area contributed by atoms with Crippen LogP contribution in [0.3, 0.4) is 0 Å². The molecule has 1 aromatic carbocycles. The second-order valence-electron chi connectivity index (χ2n) is 4.53. The van der Waals surface area contributed by atoms with Gasteiger partial charge in [-0.05, 0) is 25.1 Å². The molecule has 1 amide bonds. The molecule has 1 atom stereocenters. The molecular formula is C14H17NO5S. The molecule has 0 bridgehead atoms. The number of nitrogens with one attached hydrogen (secondary N) is 1. The van der Waals surface area contributed by atoms with E-state index in [1.807, 2.05) is 18.2 Å². The average molecular weight is 311 g/mol. The maximum Gasteiger partial charge on any atom is 0.325 e. The predicted molar refractivity (Wildman–Crippen MR) is 78.0 cm³/mol. The van der Waals surface area contributed by atoms with Gasteiger partial charge in [0.15, 0.2) is 11.5 Å². The monoisotopic (exact) mass is 311 g/mol. The number of fused-ring (bicyclic) bond motifs is 1. The molecule has 0 spiro atoms. The molecule has 0 aromatic heterocycles. The van der Waals surface area contributed by atoms with E-state index in [1.165, 1.54) is 18.7 Å². The SMILES string of the molecule is C[C@@H](NC(=O)CCSc1ccc2c(c1)OCCO2)C(=O)O. The maximum absolute atomic E-state index is 11.5. The highest BCUT2D eigenvalue weighted by Crippen LogP contribution is 2.34. The first-order valence-electron chi connectivity index (χ1n) is 6.61. The van der Waals surface area contributed by atoms with Crippen LogP contribution in [0.15, 0.2) is 23.1 Å². The number of ether oxygens (including phenoxy) is 2. The zero-order valence-electron chi connectivity index (χ0n) is 11.6. The molecule has 0 fully saturated rings. The molecule has 6 nitrogen and oxygen atoms in total. The van der Waals surface area contributed by atoms with Crippen molar-refractivity contribution in [3.8, 4) is 11.5 Å². The molecule has 21 heavy (non-hydrogen) atoms. The standard InChI is InChI=1S/C14H17NO5S/c1-9(14(17)18)15-13(16)4-7-21-10-2-3-11-12(8-10)20-6-5-19-11/h2-3,8-9H,4-7H2,1H3,(H,15,16)(H,17,18)/t9-/m1/s1. The largest absolute Gasteiger partial charge is 0.486 e. The summed E-state index contributed by atoms with van der Waals surface area (Å²) >= 11 is 1.51. The summed E-state index contributed by atoms with van der Waals surface area (Å²) < 4.78 is 10.9. The van der Waals surface area contributed by atoms with Gasteiger partial charge in [0.05, 0.1) is 0 Å². The molecule has 1 aliphatic rings. The van der Waals surface area contributed by atoms with Crippen molar-refractivity contribution in [1.82, 2.24) is 5.32 Å². The molecule has 0 aliphatic carbocycles. The van der Waals surface area contributed by atoms with Crippen LogP contribution in [0.5, 0.6) is 11.5 Å². The van der Waals surface area contributed by atoms with Crippen LogP contribution >= 0.6 is 11.8 Å². The van der Waals surface area contributed by atoms with E-state index in [0.29, 0.717) is 19.0 Å². The van der Waals surface area contributed by atoms with Crippen LogP contribution < -0.4 is 14.8 Å². The summed E-state index contributed by atoms with van der Waals surface area (Å²) in [5.41, 5.74) is 0. The van der Waals surface area contributed by atoms with Gasteiger partial charge in [0, 0.05) is 17.1 Å². The van der Waals surface area contributed by atoms with Gasteiger partial charge < -0.3 is 19.9 Å². The Morgan fingerprint density at radius 2 is 2.05 bits per heavy atom. The minimum atomic E-state index is -1.04. The number of amides is 1. The summed E-state index contributed by atoms with van der Waals surface area (Å²) in [7, 11) is 0. The van der Waals surface area contributed by atoms with Gasteiger partial charge in [-0.15, -0.1) is 11.8 Å². The van der Waals surface area contributed by atoms with E-state index in [4.69, 9.17) is 14.6 Å². The Balaban J connectivity index is 1.78. The lowest BCUT2D eigenvalue weighted by Crippen LogP contribution is -2.38. The molecule has 0 saturated heterocycles. The summed E-state index contributed by atoms with van der Waals surface area (Å²) in [4.78, 5) is 23.2. The van der Waals surface area contributed by atoms with Gasteiger partial charge in [0.2, 0.25) is 5.91 Å². The van der Waals surface area contributed by atoms with Crippen LogP contribution in [0.2, 0.25) is 0 Å². The lowest BCUT2D eigenvalue weighted by molar-refractivity contribution is -0.141. The second-order valence-corrected chi connectivity index (χ2v) is 5.70. The minimum absolute atomic E-state index is 0.261. The number of rotatable bonds is 6. The summed E-state index contributed by atoms with van der Waals surface area (Å²) in [6, 6.07) is 4.79. The number of aliphatic carboxylic acids is 1. The van der Waals surface area contributed by atoms with E-state index >= 15 is 0 Å². The number of hydrogen-bond acceptors (Lipinski definition) is 5. The highest BCUT2D eigenvalue weighted by atomic mass is 32.2. The Morgan fingerprint density at radius 3 is 2.76 bits per heavy atom. The molecule has 0 unspecified atom stereocenters. The molecule has 1 aliphatic heterocycles. The van der Waals surface area contributed by atoms with Crippen molar-refractivity contribution in [1.29, 1.82) is 0 Å². The van der Waals surface area contributed by atoms with Gasteiger partial charge in [-0.2, -0.15) is 0 Å². The molecule has 0 radical (unpaired) electrons. The summed E-state index contributed by atoms with van der Waals surface area (Å²) in [6.45, 7) is 2.53. The van der Waals surface area contributed by atoms with Crippen LogP contribution in [0.25, 0.3) is 0 Å². The topological polar surface area (TPSA) is 84.9 Å². The summed E-state index contributed by atoms with van der Waals surface area (Å²) in [6.07, 6.45) is 0.261. The Bertz CT molecular complexity index is 534. The van der Waals surface area contributed by atoms with Crippen LogP contribution in [0.4, 0.5) is 0 Å². The van der Waals surface area contributed by atoms with Gasteiger partial charge in [-0.3, -0.25) is 9.59 Å². The van der Waals surface area contributed by atoms with Crippen LogP contribution in [0.1, 0.15) is 13.3 Å². The number of carboxylic acids is 1. The van der Waals surface area contributed by atoms with Crippen molar-refractivity contribution in [2.45, 2.75) is 24.3 Å². The predicted octanol–water partition coefficient (Wildman–Crippen LogP) is 1.53. The van der Waals surface area contributed by atoms with Crippen molar-refractivity contribution in [3.05, 3.63) is 18.2 Å². The quantitative estimate of drug-likeness (QED) is 0.775. The van der Waals surface area contributed by atoms with Crippen molar-refractivity contribution >= 4 is 23.6 Å². The number of carbonyl (C=O) groups is 2. The zero-order valence-corrected chi connectivity index (χ0v) is 12.4. The van der Waals surface area contributed by atoms with Crippen LogP contribution in [-0.4, -0.2) is 42.0 Å². The second kappa shape index (κ2) is 7.21. The van der Waals surface area contributed by atoms with E-state index < -0.39 is 12.0 Å². The number of benzene rings is 1. The first-order valence-corrected chi connectivity index (χ1v) is 7.59.